The van der Waals surface area contributed by atoms with Crippen LogP contribution in [-0.2, 0) is 0 Å². The standard InChI is InChI=1S/C15H25N3O/c1-6-9-15(2,3)17-13-10-11(7-8-12(13)16)14(19)18(4)5/h7-8,10,17H,6,9,16H2,1-5H3. The number of benzene rings is 1. The highest BCUT2D eigenvalue weighted by molar-refractivity contribution is 5.95. The van der Waals surface area contributed by atoms with Gasteiger partial charge in [-0.05, 0) is 38.5 Å². The molecule has 0 unspecified atom stereocenters. The quantitative estimate of drug-likeness (QED) is 0.803. The lowest BCUT2D eigenvalue weighted by atomic mass is 9.98. The Labute approximate surface area is 116 Å². The lowest BCUT2D eigenvalue weighted by molar-refractivity contribution is 0.0827. The van der Waals surface area contributed by atoms with Crippen molar-refractivity contribution in [1.29, 1.82) is 0 Å². The number of amides is 1. The number of carbonyl (C=O) groups excluding carboxylic acids is 1. The molecule has 4 heteroatoms. The van der Waals surface area contributed by atoms with E-state index in [4.69, 9.17) is 5.73 Å². The molecule has 1 aromatic rings. The average Bonchev–Trinajstić information content (AvgIpc) is 2.30. The molecule has 1 rings (SSSR count). The number of hydrogen-bond donors (Lipinski definition) is 2. The second-order valence-corrected chi connectivity index (χ2v) is 5.76. The average molecular weight is 263 g/mol. The normalized spacial score (nSPS) is 11.2. The van der Waals surface area contributed by atoms with Gasteiger partial charge in [0, 0.05) is 25.2 Å². The predicted octanol–water partition coefficient (Wildman–Crippen LogP) is 2.96. The van der Waals surface area contributed by atoms with E-state index in [1.54, 1.807) is 31.1 Å². The molecule has 0 aromatic heterocycles. The van der Waals surface area contributed by atoms with E-state index < -0.39 is 0 Å². The second-order valence-electron chi connectivity index (χ2n) is 5.76. The maximum absolute atomic E-state index is 12.0. The highest BCUT2D eigenvalue weighted by Crippen LogP contribution is 2.26. The van der Waals surface area contributed by atoms with Gasteiger partial charge in [-0.3, -0.25) is 4.79 Å². The van der Waals surface area contributed by atoms with Crippen molar-refractivity contribution < 1.29 is 4.79 Å². The molecule has 0 saturated heterocycles. The van der Waals surface area contributed by atoms with E-state index in [9.17, 15) is 4.79 Å². The van der Waals surface area contributed by atoms with Crippen molar-refractivity contribution in [2.75, 3.05) is 25.1 Å². The van der Waals surface area contributed by atoms with Crippen LogP contribution in [0.1, 0.15) is 44.0 Å². The Morgan fingerprint density at radius 2 is 2.00 bits per heavy atom. The van der Waals surface area contributed by atoms with Crippen molar-refractivity contribution in [2.45, 2.75) is 39.2 Å². The Morgan fingerprint density at radius 1 is 1.37 bits per heavy atom. The molecule has 1 amide bonds. The van der Waals surface area contributed by atoms with E-state index in [0.29, 0.717) is 11.3 Å². The van der Waals surface area contributed by atoms with Gasteiger partial charge in [0.1, 0.15) is 0 Å². The first-order chi connectivity index (χ1) is 8.76. The summed E-state index contributed by atoms with van der Waals surface area (Å²) >= 11 is 0. The summed E-state index contributed by atoms with van der Waals surface area (Å²) in [6, 6.07) is 5.37. The lowest BCUT2D eigenvalue weighted by Gasteiger charge is -2.28. The molecule has 0 heterocycles. The first-order valence-electron chi connectivity index (χ1n) is 6.66. The molecular weight excluding hydrogens is 238 g/mol. The zero-order chi connectivity index (χ0) is 14.6. The molecule has 0 radical (unpaired) electrons. The number of nitrogen functional groups attached to an aromatic ring is 1. The Kier molecular flexibility index (Phi) is 4.81. The smallest absolute Gasteiger partial charge is 0.253 e. The molecule has 19 heavy (non-hydrogen) atoms. The second kappa shape index (κ2) is 5.95. The Morgan fingerprint density at radius 3 is 2.53 bits per heavy atom. The summed E-state index contributed by atoms with van der Waals surface area (Å²) in [5.74, 6) is -0.0173. The van der Waals surface area contributed by atoms with Gasteiger partial charge in [-0.15, -0.1) is 0 Å². The van der Waals surface area contributed by atoms with Crippen LogP contribution in [0.4, 0.5) is 11.4 Å². The minimum atomic E-state index is -0.0390. The summed E-state index contributed by atoms with van der Waals surface area (Å²) in [5, 5.41) is 3.43. The van der Waals surface area contributed by atoms with Gasteiger partial charge >= 0.3 is 0 Å². The first-order valence-corrected chi connectivity index (χ1v) is 6.66. The van der Waals surface area contributed by atoms with Crippen molar-refractivity contribution >= 4 is 17.3 Å². The van der Waals surface area contributed by atoms with E-state index in [1.165, 1.54) is 0 Å². The third-order valence-electron chi connectivity index (χ3n) is 3.05. The molecule has 3 N–H and O–H groups in total. The van der Waals surface area contributed by atoms with E-state index in [1.807, 2.05) is 6.07 Å². The Balaban J connectivity index is 3.01. The van der Waals surface area contributed by atoms with Gasteiger partial charge in [0.25, 0.3) is 5.91 Å². The number of nitrogens with zero attached hydrogens (tertiary/aromatic N) is 1. The topological polar surface area (TPSA) is 58.4 Å². The number of nitrogens with two attached hydrogens (primary N) is 1. The van der Waals surface area contributed by atoms with Crippen molar-refractivity contribution in [1.82, 2.24) is 4.90 Å². The number of nitrogens with one attached hydrogen (secondary N) is 1. The van der Waals surface area contributed by atoms with E-state index >= 15 is 0 Å². The van der Waals surface area contributed by atoms with Crippen LogP contribution in [0.25, 0.3) is 0 Å². The van der Waals surface area contributed by atoms with Gasteiger partial charge in [-0.25, -0.2) is 0 Å². The summed E-state index contributed by atoms with van der Waals surface area (Å²) in [6.45, 7) is 6.42. The van der Waals surface area contributed by atoms with Crippen LogP contribution < -0.4 is 11.1 Å². The molecule has 0 saturated carbocycles. The monoisotopic (exact) mass is 263 g/mol. The minimum Gasteiger partial charge on any atom is -0.397 e. The third-order valence-corrected chi connectivity index (χ3v) is 3.05. The maximum Gasteiger partial charge on any atom is 0.253 e. The van der Waals surface area contributed by atoms with Crippen LogP contribution in [0.2, 0.25) is 0 Å². The molecule has 0 fully saturated rings. The number of rotatable bonds is 5. The summed E-state index contributed by atoms with van der Waals surface area (Å²) in [4.78, 5) is 13.5. The molecule has 0 atom stereocenters. The molecule has 4 nitrogen and oxygen atoms in total. The highest BCUT2D eigenvalue weighted by Gasteiger charge is 2.18. The van der Waals surface area contributed by atoms with Gasteiger partial charge in [-0.1, -0.05) is 13.3 Å². The van der Waals surface area contributed by atoms with Crippen LogP contribution >= 0.6 is 0 Å². The summed E-state index contributed by atoms with van der Waals surface area (Å²) in [5.41, 5.74) is 8.08. The number of hydrogen-bond acceptors (Lipinski definition) is 3. The van der Waals surface area contributed by atoms with Gasteiger partial charge in [0.05, 0.1) is 11.4 Å². The van der Waals surface area contributed by atoms with Gasteiger partial charge in [0.2, 0.25) is 0 Å². The maximum atomic E-state index is 12.0. The number of carbonyl (C=O) groups is 1. The molecule has 0 aliphatic rings. The third kappa shape index (κ3) is 4.16. The van der Waals surface area contributed by atoms with E-state index in [0.717, 1.165) is 18.5 Å². The fourth-order valence-corrected chi connectivity index (χ4v) is 2.11. The van der Waals surface area contributed by atoms with Gasteiger partial charge < -0.3 is 16.0 Å². The van der Waals surface area contributed by atoms with E-state index in [2.05, 4.69) is 26.1 Å². The van der Waals surface area contributed by atoms with Crippen molar-refractivity contribution in [3.63, 3.8) is 0 Å². The van der Waals surface area contributed by atoms with Gasteiger partial charge in [-0.2, -0.15) is 0 Å². The molecule has 0 bridgehead atoms. The van der Waals surface area contributed by atoms with E-state index in [-0.39, 0.29) is 11.4 Å². The van der Waals surface area contributed by atoms with Crippen LogP contribution in [0.3, 0.4) is 0 Å². The Hall–Kier alpha value is -1.71. The van der Waals surface area contributed by atoms with Crippen LogP contribution in [0, 0.1) is 0 Å². The SMILES string of the molecule is CCCC(C)(C)Nc1cc(C(=O)N(C)C)ccc1N. The highest BCUT2D eigenvalue weighted by atomic mass is 16.2. The van der Waals surface area contributed by atoms with Crippen molar-refractivity contribution in [3.8, 4) is 0 Å². The molecule has 0 aliphatic heterocycles. The van der Waals surface area contributed by atoms with Crippen molar-refractivity contribution in [2.24, 2.45) is 0 Å². The first kappa shape index (κ1) is 15.3. The van der Waals surface area contributed by atoms with Crippen LogP contribution in [-0.4, -0.2) is 30.4 Å². The summed E-state index contributed by atoms with van der Waals surface area (Å²) < 4.78 is 0. The van der Waals surface area contributed by atoms with Crippen LogP contribution in [0.5, 0.6) is 0 Å². The molecular formula is C15H25N3O. The number of anilines is 2. The summed E-state index contributed by atoms with van der Waals surface area (Å²) in [7, 11) is 3.49. The fourth-order valence-electron chi connectivity index (χ4n) is 2.11. The predicted molar refractivity (Wildman–Crippen MR) is 81.5 cm³/mol. The van der Waals surface area contributed by atoms with Crippen molar-refractivity contribution in [3.05, 3.63) is 23.8 Å². The minimum absolute atomic E-state index is 0.0173. The summed E-state index contributed by atoms with van der Waals surface area (Å²) in [6.07, 6.45) is 2.13. The lowest BCUT2D eigenvalue weighted by Crippen LogP contribution is -2.31. The van der Waals surface area contributed by atoms with Gasteiger partial charge in [0.15, 0.2) is 0 Å². The molecule has 1 aromatic carbocycles. The molecule has 106 valence electrons. The molecule has 0 spiro atoms. The largest absolute Gasteiger partial charge is 0.397 e. The zero-order valence-electron chi connectivity index (χ0n) is 12.6. The fraction of sp³-hybridized carbons (Fsp3) is 0.533. The van der Waals surface area contributed by atoms with Crippen LogP contribution in [0.15, 0.2) is 18.2 Å². The zero-order valence-corrected chi connectivity index (χ0v) is 12.6. The Bertz CT molecular complexity index is 453. The molecule has 0 aliphatic carbocycles.